The summed E-state index contributed by atoms with van der Waals surface area (Å²) in [5, 5.41) is 3.83. The predicted molar refractivity (Wildman–Crippen MR) is 64.2 cm³/mol. The monoisotopic (exact) mass is 250 g/mol. The van der Waals surface area contributed by atoms with E-state index in [-0.39, 0.29) is 12.7 Å². The molecule has 2 aromatic rings. The number of anilines is 2. The number of ether oxygens (including phenoxy) is 2. The number of nitrogens with two attached hydrogens (primary N) is 1. The van der Waals surface area contributed by atoms with E-state index in [9.17, 15) is 0 Å². The highest BCUT2D eigenvalue weighted by atomic mass is 32.1. The zero-order valence-electron chi connectivity index (χ0n) is 8.84. The quantitative estimate of drug-likeness (QED) is 0.858. The molecule has 0 saturated heterocycles. The van der Waals surface area contributed by atoms with Crippen molar-refractivity contribution < 1.29 is 9.47 Å². The third kappa shape index (κ3) is 1.96. The van der Waals surface area contributed by atoms with Crippen molar-refractivity contribution in [2.24, 2.45) is 0 Å². The minimum absolute atomic E-state index is 0.276. The maximum absolute atomic E-state index is 5.44. The molecule has 1 aromatic carbocycles. The fourth-order valence-corrected chi connectivity index (χ4v) is 2.10. The fraction of sp³-hybridized carbons (Fsp3) is 0.200. The van der Waals surface area contributed by atoms with Crippen LogP contribution in [0, 0.1) is 0 Å². The Morgan fingerprint density at radius 1 is 1.41 bits per heavy atom. The number of nitrogens with one attached hydrogen (secondary N) is 1. The van der Waals surface area contributed by atoms with Gasteiger partial charge in [-0.05, 0) is 6.07 Å². The van der Waals surface area contributed by atoms with Crippen LogP contribution in [0.15, 0.2) is 18.2 Å². The highest BCUT2D eigenvalue weighted by Crippen LogP contribution is 2.35. The van der Waals surface area contributed by atoms with Gasteiger partial charge in [-0.3, -0.25) is 0 Å². The molecular weight excluding hydrogens is 240 g/mol. The minimum atomic E-state index is 0.276. The largest absolute Gasteiger partial charge is 0.454 e. The van der Waals surface area contributed by atoms with Gasteiger partial charge < -0.3 is 20.5 Å². The van der Waals surface area contributed by atoms with Crippen LogP contribution in [0.4, 0.5) is 11.1 Å². The summed E-state index contributed by atoms with van der Waals surface area (Å²) in [5.41, 5.74) is 6.46. The fourth-order valence-electron chi connectivity index (χ4n) is 1.61. The standard InChI is InChI=1S/C10H10N4O2S/c11-9-13-10(17-14-9)12-4-6-2-1-3-7-8(6)16-5-15-7/h1-3H,4-5H2,(H3,11,12,13,14). The molecule has 3 N–H and O–H groups in total. The Balaban J connectivity index is 1.75. The van der Waals surface area contributed by atoms with Gasteiger partial charge in [0.2, 0.25) is 17.9 Å². The minimum Gasteiger partial charge on any atom is -0.454 e. The van der Waals surface area contributed by atoms with Crippen LogP contribution < -0.4 is 20.5 Å². The second-order valence-corrected chi connectivity index (χ2v) is 4.21. The molecule has 7 heteroatoms. The van der Waals surface area contributed by atoms with E-state index in [4.69, 9.17) is 15.2 Å². The Bertz CT molecular complexity index is 543. The second kappa shape index (κ2) is 4.10. The number of nitrogen functional groups attached to an aromatic ring is 1. The number of hydrogen-bond acceptors (Lipinski definition) is 7. The first kappa shape index (κ1) is 10.2. The maximum Gasteiger partial charge on any atom is 0.233 e. The lowest BCUT2D eigenvalue weighted by molar-refractivity contribution is 0.173. The average Bonchev–Trinajstić information content (AvgIpc) is 2.94. The van der Waals surface area contributed by atoms with Gasteiger partial charge in [0.05, 0.1) is 0 Å². The van der Waals surface area contributed by atoms with Crippen LogP contribution >= 0.6 is 11.5 Å². The maximum atomic E-state index is 5.44. The highest BCUT2D eigenvalue weighted by molar-refractivity contribution is 7.09. The van der Waals surface area contributed by atoms with Crippen molar-refractivity contribution in [3.8, 4) is 11.5 Å². The predicted octanol–water partition coefficient (Wildman–Crippen LogP) is 1.46. The summed E-state index contributed by atoms with van der Waals surface area (Å²) < 4.78 is 14.6. The molecule has 0 amide bonds. The van der Waals surface area contributed by atoms with E-state index in [1.807, 2.05) is 18.2 Å². The van der Waals surface area contributed by atoms with E-state index in [0.29, 0.717) is 11.7 Å². The molecule has 88 valence electrons. The summed E-state index contributed by atoms with van der Waals surface area (Å²) in [6, 6.07) is 5.79. The lowest BCUT2D eigenvalue weighted by Gasteiger charge is -2.05. The van der Waals surface area contributed by atoms with Crippen molar-refractivity contribution in [3.05, 3.63) is 23.8 Å². The summed E-state index contributed by atoms with van der Waals surface area (Å²) in [6.45, 7) is 0.874. The number of hydrogen-bond donors (Lipinski definition) is 2. The Morgan fingerprint density at radius 3 is 3.18 bits per heavy atom. The molecule has 0 bridgehead atoms. The van der Waals surface area contributed by atoms with Gasteiger partial charge in [-0.15, -0.1) is 0 Å². The van der Waals surface area contributed by atoms with Crippen molar-refractivity contribution in [2.45, 2.75) is 6.54 Å². The zero-order chi connectivity index (χ0) is 11.7. The molecule has 0 spiro atoms. The van der Waals surface area contributed by atoms with Gasteiger partial charge in [0.1, 0.15) is 0 Å². The first-order valence-corrected chi connectivity index (χ1v) is 5.81. The normalized spacial score (nSPS) is 12.7. The van der Waals surface area contributed by atoms with Gasteiger partial charge in [0.15, 0.2) is 11.5 Å². The smallest absolute Gasteiger partial charge is 0.233 e. The van der Waals surface area contributed by atoms with Gasteiger partial charge >= 0.3 is 0 Å². The van der Waals surface area contributed by atoms with E-state index in [1.165, 1.54) is 11.5 Å². The van der Waals surface area contributed by atoms with Gasteiger partial charge in [0, 0.05) is 23.6 Å². The van der Waals surface area contributed by atoms with Gasteiger partial charge in [0.25, 0.3) is 0 Å². The first-order chi connectivity index (χ1) is 8.33. The molecule has 1 aliphatic rings. The van der Waals surface area contributed by atoms with Gasteiger partial charge in [-0.25, -0.2) is 0 Å². The number of fused-ring (bicyclic) bond motifs is 1. The van der Waals surface area contributed by atoms with Gasteiger partial charge in [-0.1, -0.05) is 12.1 Å². The van der Waals surface area contributed by atoms with Crippen LogP contribution in [0.3, 0.4) is 0 Å². The Hall–Kier alpha value is -2.02. The molecule has 3 rings (SSSR count). The number of benzene rings is 1. The molecule has 0 aliphatic carbocycles. The van der Waals surface area contributed by atoms with Crippen molar-refractivity contribution >= 4 is 22.6 Å². The molecular formula is C10H10N4O2S. The van der Waals surface area contributed by atoms with E-state index in [0.717, 1.165) is 17.1 Å². The number of rotatable bonds is 3. The molecule has 0 radical (unpaired) electrons. The van der Waals surface area contributed by atoms with Crippen molar-refractivity contribution in [3.63, 3.8) is 0 Å². The van der Waals surface area contributed by atoms with Crippen LogP contribution in [0.25, 0.3) is 0 Å². The van der Waals surface area contributed by atoms with Gasteiger partial charge in [-0.2, -0.15) is 9.36 Å². The van der Waals surface area contributed by atoms with E-state index >= 15 is 0 Å². The van der Waals surface area contributed by atoms with Crippen molar-refractivity contribution in [2.75, 3.05) is 17.8 Å². The molecule has 6 nitrogen and oxygen atoms in total. The van der Waals surface area contributed by atoms with Crippen LogP contribution in [0.5, 0.6) is 11.5 Å². The van der Waals surface area contributed by atoms with Crippen LogP contribution in [-0.4, -0.2) is 16.2 Å². The molecule has 0 atom stereocenters. The van der Waals surface area contributed by atoms with E-state index in [1.54, 1.807) is 0 Å². The Morgan fingerprint density at radius 2 is 2.35 bits per heavy atom. The SMILES string of the molecule is Nc1nsc(NCc2cccc3c2OCO3)n1. The third-order valence-corrected chi connectivity index (χ3v) is 3.04. The molecule has 0 saturated carbocycles. The summed E-state index contributed by atoms with van der Waals surface area (Å²) in [4.78, 5) is 4.02. The Kier molecular flexibility index (Phi) is 2.45. The van der Waals surface area contributed by atoms with Crippen molar-refractivity contribution in [1.82, 2.24) is 9.36 Å². The summed E-state index contributed by atoms with van der Waals surface area (Å²) in [6.07, 6.45) is 0. The average molecular weight is 250 g/mol. The molecule has 1 aromatic heterocycles. The number of aromatic nitrogens is 2. The molecule has 1 aliphatic heterocycles. The lowest BCUT2D eigenvalue weighted by atomic mass is 10.2. The van der Waals surface area contributed by atoms with E-state index < -0.39 is 0 Å². The van der Waals surface area contributed by atoms with Crippen LogP contribution in [0.1, 0.15) is 5.56 Å². The third-order valence-electron chi connectivity index (χ3n) is 2.35. The molecule has 2 heterocycles. The summed E-state index contributed by atoms with van der Waals surface area (Å²) in [7, 11) is 0. The second-order valence-electron chi connectivity index (χ2n) is 3.46. The Labute approximate surface area is 102 Å². The van der Waals surface area contributed by atoms with Crippen LogP contribution in [-0.2, 0) is 6.54 Å². The highest BCUT2D eigenvalue weighted by Gasteiger charge is 2.16. The topological polar surface area (TPSA) is 82.3 Å². The van der Waals surface area contributed by atoms with E-state index in [2.05, 4.69) is 14.7 Å². The summed E-state index contributed by atoms with van der Waals surface area (Å²) in [5.74, 6) is 1.86. The number of para-hydroxylation sites is 1. The van der Waals surface area contributed by atoms with Crippen molar-refractivity contribution in [1.29, 1.82) is 0 Å². The summed E-state index contributed by atoms with van der Waals surface area (Å²) >= 11 is 1.23. The van der Waals surface area contributed by atoms with Crippen LogP contribution in [0.2, 0.25) is 0 Å². The first-order valence-electron chi connectivity index (χ1n) is 5.03. The zero-order valence-corrected chi connectivity index (χ0v) is 9.66. The lowest BCUT2D eigenvalue weighted by Crippen LogP contribution is -2.01. The number of nitrogens with zero attached hydrogens (tertiary/aromatic N) is 2. The molecule has 0 fully saturated rings. The molecule has 0 unspecified atom stereocenters. The molecule has 17 heavy (non-hydrogen) atoms.